The van der Waals surface area contributed by atoms with Crippen LogP contribution in [-0.4, -0.2) is 30.8 Å². The average Bonchev–Trinajstić information content (AvgIpc) is 2.41. The summed E-state index contributed by atoms with van der Waals surface area (Å²) in [6.45, 7) is 2.75. The van der Waals surface area contributed by atoms with Crippen LogP contribution >= 0.6 is 0 Å². The highest BCUT2D eigenvalue weighted by Crippen LogP contribution is 2.12. The molecule has 0 bridgehead atoms. The predicted molar refractivity (Wildman–Crippen MR) is 70.4 cm³/mol. The second-order valence-corrected chi connectivity index (χ2v) is 4.50. The predicted octanol–water partition coefficient (Wildman–Crippen LogP) is 1.73. The van der Waals surface area contributed by atoms with E-state index in [-0.39, 0.29) is 24.2 Å². The quantitative estimate of drug-likeness (QED) is 0.707. The number of rotatable bonds is 8. The van der Waals surface area contributed by atoms with Gasteiger partial charge < -0.3 is 15.2 Å². The summed E-state index contributed by atoms with van der Waals surface area (Å²) in [5.74, 6) is 0.123. The van der Waals surface area contributed by atoms with Crippen LogP contribution in [0.2, 0.25) is 0 Å². The van der Waals surface area contributed by atoms with Crippen LogP contribution in [0.3, 0.4) is 0 Å². The van der Waals surface area contributed by atoms with E-state index in [0.29, 0.717) is 31.7 Å². The summed E-state index contributed by atoms with van der Waals surface area (Å²) < 4.78 is 18.2. The van der Waals surface area contributed by atoms with E-state index in [9.17, 15) is 9.18 Å². The number of nitrogens with one attached hydrogen (secondary N) is 1. The van der Waals surface area contributed by atoms with Crippen molar-refractivity contribution in [3.05, 3.63) is 30.1 Å². The standard InChI is InChI=1S/C14H20FNO3/c1-11(10-17)9-16-14(18)6-3-7-19-13-5-2-4-12(15)8-13/h2,4-5,8,11,17H,3,6-7,9-10H2,1H3,(H,16,18). The molecule has 1 atom stereocenters. The molecular weight excluding hydrogens is 249 g/mol. The van der Waals surface area contributed by atoms with Crippen LogP contribution in [0, 0.1) is 11.7 Å². The molecule has 1 amide bonds. The lowest BCUT2D eigenvalue weighted by molar-refractivity contribution is -0.121. The number of ether oxygens (including phenoxy) is 1. The van der Waals surface area contributed by atoms with E-state index in [2.05, 4.69) is 5.32 Å². The molecule has 1 aromatic carbocycles. The minimum absolute atomic E-state index is 0.0585. The Kier molecular flexibility index (Phi) is 6.89. The minimum Gasteiger partial charge on any atom is -0.493 e. The molecule has 0 aromatic heterocycles. The number of benzene rings is 1. The van der Waals surface area contributed by atoms with Crippen molar-refractivity contribution in [1.29, 1.82) is 0 Å². The van der Waals surface area contributed by atoms with Gasteiger partial charge in [-0.05, 0) is 24.5 Å². The molecule has 0 radical (unpaired) electrons. The second kappa shape index (κ2) is 8.48. The topological polar surface area (TPSA) is 58.6 Å². The lowest BCUT2D eigenvalue weighted by Gasteiger charge is -2.10. The zero-order chi connectivity index (χ0) is 14.1. The molecule has 0 saturated carbocycles. The van der Waals surface area contributed by atoms with Crippen molar-refractivity contribution < 1.29 is 19.0 Å². The number of halogens is 1. The number of hydrogen-bond acceptors (Lipinski definition) is 3. The van der Waals surface area contributed by atoms with Gasteiger partial charge in [0.2, 0.25) is 5.91 Å². The summed E-state index contributed by atoms with van der Waals surface area (Å²) in [7, 11) is 0. The van der Waals surface area contributed by atoms with Crippen LogP contribution in [0.1, 0.15) is 19.8 Å². The van der Waals surface area contributed by atoms with Gasteiger partial charge in [-0.3, -0.25) is 4.79 Å². The zero-order valence-electron chi connectivity index (χ0n) is 11.1. The van der Waals surface area contributed by atoms with E-state index in [1.165, 1.54) is 12.1 Å². The number of carbonyl (C=O) groups excluding carboxylic acids is 1. The van der Waals surface area contributed by atoms with E-state index >= 15 is 0 Å². The van der Waals surface area contributed by atoms with Crippen molar-refractivity contribution in [2.75, 3.05) is 19.8 Å². The van der Waals surface area contributed by atoms with Crippen molar-refractivity contribution in [2.45, 2.75) is 19.8 Å². The summed E-state index contributed by atoms with van der Waals surface area (Å²) in [6, 6.07) is 5.91. The van der Waals surface area contributed by atoms with Crippen LogP contribution in [0.4, 0.5) is 4.39 Å². The van der Waals surface area contributed by atoms with Crippen molar-refractivity contribution in [2.24, 2.45) is 5.92 Å². The third-order valence-electron chi connectivity index (χ3n) is 2.57. The molecule has 19 heavy (non-hydrogen) atoms. The van der Waals surface area contributed by atoms with Crippen LogP contribution in [0.5, 0.6) is 5.75 Å². The Bertz CT molecular complexity index is 398. The van der Waals surface area contributed by atoms with Gasteiger partial charge >= 0.3 is 0 Å². The van der Waals surface area contributed by atoms with Gasteiger partial charge in [-0.25, -0.2) is 4.39 Å². The van der Waals surface area contributed by atoms with E-state index in [1.807, 2.05) is 6.92 Å². The summed E-state index contributed by atoms with van der Waals surface area (Å²) in [5, 5.41) is 11.5. The maximum absolute atomic E-state index is 12.8. The smallest absolute Gasteiger partial charge is 0.220 e. The highest BCUT2D eigenvalue weighted by molar-refractivity contribution is 5.75. The van der Waals surface area contributed by atoms with Gasteiger partial charge in [-0.2, -0.15) is 0 Å². The minimum atomic E-state index is -0.340. The first-order valence-electron chi connectivity index (χ1n) is 6.37. The Balaban J connectivity index is 2.12. The Labute approximate surface area is 112 Å². The molecule has 0 saturated heterocycles. The normalized spacial score (nSPS) is 11.9. The molecule has 2 N–H and O–H groups in total. The van der Waals surface area contributed by atoms with Gasteiger partial charge in [0.05, 0.1) is 6.61 Å². The third-order valence-corrected chi connectivity index (χ3v) is 2.57. The van der Waals surface area contributed by atoms with Crippen LogP contribution in [0.25, 0.3) is 0 Å². The van der Waals surface area contributed by atoms with E-state index in [4.69, 9.17) is 9.84 Å². The maximum Gasteiger partial charge on any atom is 0.220 e. The fourth-order valence-electron chi connectivity index (χ4n) is 1.42. The molecule has 0 aliphatic heterocycles. The highest BCUT2D eigenvalue weighted by Gasteiger charge is 2.04. The van der Waals surface area contributed by atoms with E-state index in [1.54, 1.807) is 12.1 Å². The van der Waals surface area contributed by atoms with Crippen LogP contribution in [0.15, 0.2) is 24.3 Å². The summed E-state index contributed by atoms with van der Waals surface area (Å²) in [4.78, 5) is 11.4. The molecule has 5 heteroatoms. The van der Waals surface area contributed by atoms with Gasteiger partial charge in [0, 0.05) is 25.6 Å². The Morgan fingerprint density at radius 1 is 1.53 bits per heavy atom. The molecular formula is C14H20FNO3. The summed E-state index contributed by atoms with van der Waals surface area (Å²) in [5.41, 5.74) is 0. The molecule has 0 aliphatic rings. The number of aliphatic hydroxyl groups is 1. The number of carbonyl (C=O) groups is 1. The number of amides is 1. The van der Waals surface area contributed by atoms with Gasteiger partial charge in [0.15, 0.2) is 0 Å². The average molecular weight is 269 g/mol. The molecule has 0 aliphatic carbocycles. The fraction of sp³-hybridized carbons (Fsp3) is 0.500. The van der Waals surface area contributed by atoms with Crippen molar-refractivity contribution in [3.63, 3.8) is 0 Å². The molecule has 1 rings (SSSR count). The zero-order valence-corrected chi connectivity index (χ0v) is 11.1. The molecule has 0 heterocycles. The van der Waals surface area contributed by atoms with Gasteiger partial charge in [0.25, 0.3) is 0 Å². The van der Waals surface area contributed by atoms with E-state index < -0.39 is 0 Å². The molecule has 1 aromatic rings. The van der Waals surface area contributed by atoms with Gasteiger partial charge in [-0.1, -0.05) is 13.0 Å². The fourth-order valence-corrected chi connectivity index (χ4v) is 1.42. The monoisotopic (exact) mass is 269 g/mol. The second-order valence-electron chi connectivity index (χ2n) is 4.50. The number of aliphatic hydroxyl groups excluding tert-OH is 1. The third kappa shape index (κ3) is 6.76. The van der Waals surface area contributed by atoms with Crippen molar-refractivity contribution in [3.8, 4) is 5.75 Å². The molecule has 4 nitrogen and oxygen atoms in total. The molecule has 0 spiro atoms. The molecule has 106 valence electrons. The van der Waals surface area contributed by atoms with Gasteiger partial charge in [0.1, 0.15) is 11.6 Å². The van der Waals surface area contributed by atoms with Crippen LogP contribution < -0.4 is 10.1 Å². The lowest BCUT2D eigenvalue weighted by Crippen LogP contribution is -2.29. The Morgan fingerprint density at radius 3 is 3.00 bits per heavy atom. The first-order valence-corrected chi connectivity index (χ1v) is 6.37. The molecule has 0 fully saturated rings. The summed E-state index contributed by atoms with van der Waals surface area (Å²) in [6.07, 6.45) is 0.920. The number of hydrogen-bond donors (Lipinski definition) is 2. The SMILES string of the molecule is CC(CO)CNC(=O)CCCOc1cccc(F)c1. The Morgan fingerprint density at radius 2 is 2.32 bits per heavy atom. The van der Waals surface area contributed by atoms with Crippen molar-refractivity contribution >= 4 is 5.91 Å². The summed E-state index contributed by atoms with van der Waals surface area (Å²) >= 11 is 0. The largest absolute Gasteiger partial charge is 0.493 e. The lowest BCUT2D eigenvalue weighted by atomic mass is 10.2. The molecule has 1 unspecified atom stereocenters. The first kappa shape index (κ1) is 15.4. The van der Waals surface area contributed by atoms with Crippen LogP contribution in [-0.2, 0) is 4.79 Å². The maximum atomic E-state index is 12.8. The van der Waals surface area contributed by atoms with E-state index in [0.717, 1.165) is 0 Å². The highest BCUT2D eigenvalue weighted by atomic mass is 19.1. The Hall–Kier alpha value is -1.62. The first-order chi connectivity index (χ1) is 9.11. The van der Waals surface area contributed by atoms with Gasteiger partial charge in [-0.15, -0.1) is 0 Å². The van der Waals surface area contributed by atoms with Crippen molar-refractivity contribution in [1.82, 2.24) is 5.32 Å².